The Balaban J connectivity index is 1.75. The maximum atomic E-state index is 12.9. The van der Waals surface area contributed by atoms with Crippen LogP contribution >= 0.6 is 11.6 Å². The summed E-state index contributed by atoms with van der Waals surface area (Å²) in [7, 11) is 0. The first-order chi connectivity index (χ1) is 11.1. The van der Waals surface area contributed by atoms with Gasteiger partial charge in [-0.15, -0.1) is 0 Å². The maximum absolute atomic E-state index is 12.9. The predicted molar refractivity (Wildman–Crippen MR) is 79.2 cm³/mol. The van der Waals surface area contributed by atoms with Crippen LogP contribution in [0.4, 0.5) is 0 Å². The van der Waals surface area contributed by atoms with Crippen molar-refractivity contribution in [3.05, 3.63) is 34.9 Å². The highest BCUT2D eigenvalue weighted by Crippen LogP contribution is 2.76. The Labute approximate surface area is 138 Å². The average molecular weight is 329 g/mol. The molecule has 0 radical (unpaired) electrons. The van der Waals surface area contributed by atoms with Gasteiger partial charge in [-0.2, -0.15) is 10.5 Å². The molecular weight excluding hydrogens is 316 g/mol. The molecule has 5 nitrogen and oxygen atoms in total. The van der Waals surface area contributed by atoms with E-state index in [-0.39, 0.29) is 11.9 Å². The summed E-state index contributed by atoms with van der Waals surface area (Å²) in [5.74, 6) is -0.947. The van der Waals surface area contributed by atoms with Gasteiger partial charge in [-0.1, -0.05) is 11.6 Å². The van der Waals surface area contributed by atoms with Gasteiger partial charge in [0.1, 0.15) is 0 Å². The second-order valence-electron chi connectivity index (χ2n) is 6.34. The first-order valence-electron chi connectivity index (χ1n) is 7.48. The van der Waals surface area contributed by atoms with Crippen molar-refractivity contribution in [1.29, 1.82) is 10.5 Å². The molecule has 23 heavy (non-hydrogen) atoms. The van der Waals surface area contributed by atoms with Crippen molar-refractivity contribution in [3.8, 4) is 12.1 Å². The number of carbonyl (C=O) groups is 1. The molecule has 1 aromatic carbocycles. The van der Waals surface area contributed by atoms with Crippen molar-refractivity contribution in [1.82, 2.24) is 0 Å². The van der Waals surface area contributed by atoms with E-state index in [9.17, 15) is 15.3 Å². The summed E-state index contributed by atoms with van der Waals surface area (Å²) in [6, 6.07) is 10.7. The topological polar surface area (TPSA) is 83.1 Å². The number of hydrogen-bond donors (Lipinski definition) is 0. The van der Waals surface area contributed by atoms with Crippen LogP contribution in [0.15, 0.2) is 24.3 Å². The third kappa shape index (κ3) is 1.70. The maximum Gasteiger partial charge on any atom is 0.169 e. The molecule has 0 amide bonds. The first kappa shape index (κ1) is 14.7. The van der Waals surface area contributed by atoms with E-state index in [1.54, 1.807) is 24.3 Å². The smallest absolute Gasteiger partial charge is 0.169 e. The van der Waals surface area contributed by atoms with Crippen molar-refractivity contribution in [3.63, 3.8) is 0 Å². The molecule has 2 aliphatic heterocycles. The van der Waals surface area contributed by atoms with Gasteiger partial charge >= 0.3 is 0 Å². The van der Waals surface area contributed by atoms with Crippen LogP contribution in [0.2, 0.25) is 5.02 Å². The summed E-state index contributed by atoms with van der Waals surface area (Å²) in [4.78, 5) is 12.9. The number of halogens is 1. The number of nitrogens with zero attached hydrogens (tertiary/aromatic N) is 2. The Hall–Kier alpha value is -1.92. The fourth-order valence-electron chi connectivity index (χ4n) is 4.18. The normalized spacial score (nSPS) is 36.2. The molecule has 1 saturated carbocycles. The number of benzene rings is 1. The Morgan fingerprint density at radius 3 is 2.61 bits per heavy atom. The van der Waals surface area contributed by atoms with Gasteiger partial charge in [0, 0.05) is 10.6 Å². The van der Waals surface area contributed by atoms with E-state index in [0.29, 0.717) is 30.0 Å². The number of rotatable bonds is 2. The Morgan fingerprint density at radius 2 is 1.96 bits per heavy atom. The highest BCUT2D eigenvalue weighted by molar-refractivity contribution is 6.30. The van der Waals surface area contributed by atoms with Gasteiger partial charge in [-0.25, -0.2) is 0 Å². The highest BCUT2D eigenvalue weighted by Gasteiger charge is 2.86. The molecule has 116 valence electrons. The van der Waals surface area contributed by atoms with E-state index in [1.807, 2.05) is 0 Å². The minimum atomic E-state index is -1.39. The molecule has 2 heterocycles. The van der Waals surface area contributed by atoms with Crippen LogP contribution < -0.4 is 0 Å². The standard InChI is InChI=1S/C17H13ClN2O3/c18-11-3-1-10(2-4-11)13(21)14-16(8-19,9-20)17(14)6-5-12-7-22-15(17)23-12/h1-4,12,14-15H,5-7H2/t12-,14+,15-,17-/m0/s1. The molecule has 4 atom stereocenters. The van der Waals surface area contributed by atoms with Gasteiger partial charge < -0.3 is 9.47 Å². The lowest BCUT2D eigenvalue weighted by atomic mass is 9.86. The summed E-state index contributed by atoms with van der Waals surface area (Å²) in [6.07, 6.45) is 0.647. The average Bonchev–Trinajstić information content (AvgIpc) is 2.94. The summed E-state index contributed by atoms with van der Waals surface area (Å²) >= 11 is 5.86. The number of ketones is 1. The SMILES string of the molecule is N#CC1(C#N)[C@@H](C(=O)c2ccc(Cl)cc2)[C@]12CC[C@H]1CO[C@H]2O1. The summed E-state index contributed by atoms with van der Waals surface area (Å²) in [5, 5.41) is 19.8. The molecular formula is C17H13ClN2O3. The van der Waals surface area contributed by atoms with Crippen molar-refractivity contribution < 1.29 is 14.3 Å². The molecule has 3 aliphatic rings. The number of nitriles is 2. The van der Waals surface area contributed by atoms with Gasteiger partial charge in [0.05, 0.1) is 36.2 Å². The first-order valence-corrected chi connectivity index (χ1v) is 7.86. The summed E-state index contributed by atoms with van der Waals surface area (Å²) < 4.78 is 11.4. The quantitative estimate of drug-likeness (QED) is 0.779. The number of fused-ring (bicyclic) bond motifs is 3. The molecule has 1 spiro atoms. The molecule has 0 N–H and O–H groups in total. The van der Waals surface area contributed by atoms with Crippen molar-refractivity contribution in [2.45, 2.75) is 25.2 Å². The second-order valence-corrected chi connectivity index (χ2v) is 6.77. The monoisotopic (exact) mass is 328 g/mol. The van der Waals surface area contributed by atoms with Gasteiger partial charge in [-0.05, 0) is 37.1 Å². The molecule has 1 aliphatic carbocycles. The molecule has 2 bridgehead atoms. The van der Waals surface area contributed by atoms with Gasteiger partial charge in [0.2, 0.25) is 0 Å². The fourth-order valence-corrected chi connectivity index (χ4v) is 4.31. The van der Waals surface area contributed by atoms with E-state index in [0.717, 1.165) is 0 Å². The van der Waals surface area contributed by atoms with Crippen LogP contribution in [0.3, 0.4) is 0 Å². The molecule has 2 saturated heterocycles. The Bertz CT molecular complexity index is 750. The lowest BCUT2D eigenvalue weighted by Gasteiger charge is -2.29. The molecule has 6 heteroatoms. The third-order valence-electron chi connectivity index (χ3n) is 5.39. The van der Waals surface area contributed by atoms with Crippen molar-refractivity contribution >= 4 is 17.4 Å². The third-order valence-corrected chi connectivity index (χ3v) is 5.64. The zero-order chi connectivity index (χ0) is 16.2. The minimum absolute atomic E-state index is 0.00703. The van der Waals surface area contributed by atoms with Crippen LogP contribution in [0.1, 0.15) is 23.2 Å². The minimum Gasteiger partial charge on any atom is -0.349 e. The molecule has 1 aromatic rings. The summed E-state index contributed by atoms with van der Waals surface area (Å²) in [5.41, 5.74) is -1.80. The van der Waals surface area contributed by atoms with E-state index in [1.165, 1.54) is 0 Å². The van der Waals surface area contributed by atoms with E-state index >= 15 is 0 Å². The van der Waals surface area contributed by atoms with E-state index < -0.39 is 23.0 Å². The largest absolute Gasteiger partial charge is 0.349 e. The van der Waals surface area contributed by atoms with Gasteiger partial charge in [-0.3, -0.25) is 4.79 Å². The highest BCUT2D eigenvalue weighted by atomic mass is 35.5. The van der Waals surface area contributed by atoms with E-state index in [2.05, 4.69) is 12.1 Å². The van der Waals surface area contributed by atoms with Crippen LogP contribution in [0, 0.1) is 39.4 Å². The number of carbonyl (C=O) groups excluding carboxylic acids is 1. The van der Waals surface area contributed by atoms with Crippen molar-refractivity contribution in [2.75, 3.05) is 6.61 Å². The molecule has 0 unspecified atom stereocenters. The lowest BCUT2D eigenvalue weighted by molar-refractivity contribution is -0.140. The molecule has 0 aromatic heterocycles. The lowest BCUT2D eigenvalue weighted by Crippen LogP contribution is -2.35. The molecule has 4 rings (SSSR count). The van der Waals surface area contributed by atoms with Gasteiger partial charge in [0.15, 0.2) is 17.5 Å². The number of hydrogen-bond acceptors (Lipinski definition) is 5. The van der Waals surface area contributed by atoms with Crippen LogP contribution in [0.25, 0.3) is 0 Å². The predicted octanol–water partition coefficient (Wildman–Crippen LogP) is 2.71. The van der Waals surface area contributed by atoms with Crippen LogP contribution in [-0.2, 0) is 9.47 Å². The number of Topliss-reactive ketones (excluding diaryl/α,β-unsaturated/α-hetero) is 1. The van der Waals surface area contributed by atoms with Gasteiger partial charge in [0.25, 0.3) is 0 Å². The van der Waals surface area contributed by atoms with E-state index in [4.69, 9.17) is 21.1 Å². The zero-order valence-corrected chi connectivity index (χ0v) is 12.9. The zero-order valence-electron chi connectivity index (χ0n) is 12.2. The molecule has 3 fully saturated rings. The summed E-state index contributed by atoms with van der Waals surface area (Å²) in [6.45, 7) is 0.460. The number of ether oxygens (including phenoxy) is 2. The van der Waals surface area contributed by atoms with Crippen molar-refractivity contribution in [2.24, 2.45) is 16.7 Å². The van der Waals surface area contributed by atoms with Crippen LogP contribution in [0.5, 0.6) is 0 Å². The fraction of sp³-hybridized carbons (Fsp3) is 0.471. The Morgan fingerprint density at radius 1 is 1.26 bits per heavy atom. The van der Waals surface area contributed by atoms with Crippen LogP contribution in [-0.4, -0.2) is 24.8 Å². The second kappa shape index (κ2) is 4.79. The Kier molecular flexibility index (Phi) is 3.05.